The minimum absolute atomic E-state index is 0.691. The number of nitrogens with zero attached hydrogens (tertiary/aromatic N) is 1. The molecule has 0 radical (unpaired) electrons. The normalized spacial score (nSPS) is 21.2. The fraction of sp³-hybridized carbons (Fsp3) is 1.00. The Balaban J connectivity index is 2.02. The summed E-state index contributed by atoms with van der Waals surface area (Å²) < 4.78 is 0. The summed E-state index contributed by atoms with van der Waals surface area (Å²) in [7, 11) is 0. The van der Waals surface area contributed by atoms with Crippen LogP contribution in [0, 0.1) is 0 Å². The summed E-state index contributed by atoms with van der Waals surface area (Å²) in [4.78, 5) is 2.60. The van der Waals surface area contributed by atoms with Crippen molar-refractivity contribution in [2.75, 3.05) is 37.7 Å². The molecule has 0 amide bonds. The van der Waals surface area contributed by atoms with E-state index < -0.39 is 0 Å². The van der Waals surface area contributed by atoms with Gasteiger partial charge in [-0.05, 0) is 32.1 Å². The first kappa shape index (κ1) is 13.3. The highest BCUT2D eigenvalue weighted by atomic mass is 32.2. The van der Waals surface area contributed by atoms with E-state index in [1.807, 2.05) is 0 Å². The van der Waals surface area contributed by atoms with Crippen LogP contribution < -0.4 is 5.32 Å². The second-order valence-corrected chi connectivity index (χ2v) is 5.68. The molecule has 0 bridgehead atoms. The molecule has 1 heterocycles. The number of rotatable bonds is 6. The van der Waals surface area contributed by atoms with Gasteiger partial charge in [-0.3, -0.25) is 0 Å². The lowest BCUT2D eigenvalue weighted by molar-refractivity contribution is 0.288. The van der Waals surface area contributed by atoms with E-state index >= 15 is 0 Å². The van der Waals surface area contributed by atoms with Gasteiger partial charge in [-0.15, -0.1) is 0 Å². The molecule has 0 aromatic heterocycles. The molecule has 0 aromatic carbocycles. The van der Waals surface area contributed by atoms with E-state index in [-0.39, 0.29) is 0 Å². The lowest BCUT2D eigenvalue weighted by atomic mass is 10.2. The number of thioether (sulfide) groups is 1. The number of hydrogen-bond acceptors (Lipinski definition) is 3. The molecule has 1 fully saturated rings. The summed E-state index contributed by atoms with van der Waals surface area (Å²) in [6.07, 6.45) is 3.96. The first-order valence-corrected chi connectivity index (χ1v) is 7.52. The third-order valence-electron chi connectivity index (χ3n) is 2.96. The molecule has 0 spiro atoms. The van der Waals surface area contributed by atoms with Crippen LogP contribution >= 0.6 is 11.8 Å². The van der Waals surface area contributed by atoms with Gasteiger partial charge in [0.15, 0.2) is 0 Å². The molecule has 1 saturated heterocycles. The van der Waals surface area contributed by atoms with Gasteiger partial charge in [0, 0.05) is 31.4 Å². The van der Waals surface area contributed by atoms with E-state index in [0.717, 1.165) is 6.54 Å². The van der Waals surface area contributed by atoms with Gasteiger partial charge >= 0.3 is 0 Å². The lowest BCUT2D eigenvalue weighted by Gasteiger charge is -2.21. The van der Waals surface area contributed by atoms with Crippen LogP contribution in [-0.2, 0) is 0 Å². The Morgan fingerprint density at radius 3 is 3.00 bits per heavy atom. The van der Waals surface area contributed by atoms with Crippen LogP contribution in [0.15, 0.2) is 0 Å². The summed E-state index contributed by atoms with van der Waals surface area (Å²) in [6, 6.07) is 0.691. The molecule has 90 valence electrons. The Bertz CT molecular complexity index is 145. The maximum absolute atomic E-state index is 3.60. The standard InChI is InChI=1S/C12H26N2S/c1-3-5-12(2)13-6-8-14-7-4-10-15-11-9-14/h12-13H,3-11H2,1-2H3. The molecule has 0 aromatic rings. The van der Waals surface area contributed by atoms with Gasteiger partial charge in [-0.25, -0.2) is 0 Å². The van der Waals surface area contributed by atoms with Crippen molar-refractivity contribution in [3.63, 3.8) is 0 Å². The van der Waals surface area contributed by atoms with Crippen LogP contribution in [0.2, 0.25) is 0 Å². The van der Waals surface area contributed by atoms with E-state index in [1.165, 1.54) is 50.4 Å². The molecular weight excluding hydrogens is 204 g/mol. The van der Waals surface area contributed by atoms with Crippen molar-refractivity contribution >= 4 is 11.8 Å². The van der Waals surface area contributed by atoms with Crippen molar-refractivity contribution in [1.29, 1.82) is 0 Å². The highest BCUT2D eigenvalue weighted by Crippen LogP contribution is 2.09. The fourth-order valence-corrected chi connectivity index (χ4v) is 2.95. The van der Waals surface area contributed by atoms with Crippen molar-refractivity contribution in [2.45, 2.75) is 39.2 Å². The molecule has 1 atom stereocenters. The second-order valence-electron chi connectivity index (χ2n) is 4.45. The van der Waals surface area contributed by atoms with Gasteiger partial charge in [0.25, 0.3) is 0 Å². The largest absolute Gasteiger partial charge is 0.313 e. The Morgan fingerprint density at radius 1 is 1.33 bits per heavy atom. The Hall–Kier alpha value is 0.270. The predicted molar refractivity (Wildman–Crippen MR) is 70.8 cm³/mol. The molecular formula is C12H26N2S. The minimum atomic E-state index is 0.691. The molecule has 1 N–H and O–H groups in total. The topological polar surface area (TPSA) is 15.3 Å². The Labute approximate surface area is 99.2 Å². The van der Waals surface area contributed by atoms with Gasteiger partial charge < -0.3 is 10.2 Å². The van der Waals surface area contributed by atoms with Crippen LogP contribution in [-0.4, -0.2) is 48.6 Å². The van der Waals surface area contributed by atoms with Crippen molar-refractivity contribution in [1.82, 2.24) is 10.2 Å². The predicted octanol–water partition coefficient (Wildman–Crippen LogP) is 2.20. The number of nitrogens with one attached hydrogen (secondary N) is 1. The van der Waals surface area contributed by atoms with Crippen LogP contribution in [0.5, 0.6) is 0 Å². The second kappa shape index (κ2) is 8.43. The molecule has 1 aliphatic rings. The van der Waals surface area contributed by atoms with Crippen LogP contribution in [0.4, 0.5) is 0 Å². The van der Waals surface area contributed by atoms with Gasteiger partial charge in [-0.1, -0.05) is 13.3 Å². The van der Waals surface area contributed by atoms with E-state index in [4.69, 9.17) is 0 Å². The average Bonchev–Trinajstić information content (AvgIpc) is 2.47. The molecule has 0 aliphatic carbocycles. The molecule has 1 unspecified atom stereocenters. The van der Waals surface area contributed by atoms with Crippen molar-refractivity contribution < 1.29 is 0 Å². The Kier molecular flexibility index (Phi) is 7.49. The van der Waals surface area contributed by atoms with Crippen LogP contribution in [0.1, 0.15) is 33.1 Å². The summed E-state index contributed by atoms with van der Waals surface area (Å²) in [6.45, 7) is 9.53. The first-order chi connectivity index (χ1) is 7.33. The van der Waals surface area contributed by atoms with Crippen molar-refractivity contribution in [3.8, 4) is 0 Å². The quantitative estimate of drug-likeness (QED) is 0.753. The fourth-order valence-electron chi connectivity index (χ4n) is 2.03. The highest BCUT2D eigenvalue weighted by Gasteiger charge is 2.08. The third-order valence-corrected chi connectivity index (χ3v) is 4.01. The zero-order valence-electron chi connectivity index (χ0n) is 10.3. The summed E-state index contributed by atoms with van der Waals surface area (Å²) in [5, 5.41) is 3.60. The average molecular weight is 230 g/mol. The van der Waals surface area contributed by atoms with Gasteiger partial charge in [0.05, 0.1) is 0 Å². The summed E-state index contributed by atoms with van der Waals surface area (Å²) in [5.41, 5.74) is 0. The van der Waals surface area contributed by atoms with E-state index in [0.29, 0.717) is 6.04 Å². The molecule has 2 nitrogen and oxygen atoms in total. The molecule has 1 aliphatic heterocycles. The van der Waals surface area contributed by atoms with Gasteiger partial charge in [0.1, 0.15) is 0 Å². The minimum Gasteiger partial charge on any atom is -0.313 e. The van der Waals surface area contributed by atoms with E-state index in [2.05, 4.69) is 35.8 Å². The van der Waals surface area contributed by atoms with Gasteiger partial charge in [0.2, 0.25) is 0 Å². The van der Waals surface area contributed by atoms with Gasteiger partial charge in [-0.2, -0.15) is 11.8 Å². The van der Waals surface area contributed by atoms with E-state index in [9.17, 15) is 0 Å². The first-order valence-electron chi connectivity index (χ1n) is 6.36. The van der Waals surface area contributed by atoms with Crippen LogP contribution in [0.25, 0.3) is 0 Å². The third kappa shape index (κ3) is 6.44. The SMILES string of the molecule is CCCC(C)NCCN1CCCSCC1. The monoisotopic (exact) mass is 230 g/mol. The summed E-state index contributed by atoms with van der Waals surface area (Å²) >= 11 is 2.11. The molecule has 15 heavy (non-hydrogen) atoms. The number of hydrogen-bond donors (Lipinski definition) is 1. The molecule has 1 rings (SSSR count). The highest BCUT2D eigenvalue weighted by molar-refractivity contribution is 7.99. The smallest absolute Gasteiger partial charge is 0.0107 e. The maximum Gasteiger partial charge on any atom is 0.0107 e. The zero-order valence-corrected chi connectivity index (χ0v) is 11.1. The summed E-state index contributed by atoms with van der Waals surface area (Å²) in [5.74, 6) is 2.68. The lowest BCUT2D eigenvalue weighted by Crippen LogP contribution is -2.36. The molecule has 0 saturated carbocycles. The zero-order chi connectivity index (χ0) is 10.9. The van der Waals surface area contributed by atoms with Crippen molar-refractivity contribution in [3.05, 3.63) is 0 Å². The van der Waals surface area contributed by atoms with Crippen LogP contribution in [0.3, 0.4) is 0 Å². The van der Waals surface area contributed by atoms with Crippen molar-refractivity contribution in [2.24, 2.45) is 0 Å². The Morgan fingerprint density at radius 2 is 2.20 bits per heavy atom. The maximum atomic E-state index is 3.60. The molecule has 3 heteroatoms. The van der Waals surface area contributed by atoms with E-state index in [1.54, 1.807) is 0 Å².